The van der Waals surface area contributed by atoms with Gasteiger partial charge in [-0.15, -0.1) is 0 Å². The first-order valence-corrected chi connectivity index (χ1v) is 10.6. The monoisotopic (exact) mass is 403 g/mol. The Morgan fingerprint density at radius 2 is 1.79 bits per heavy atom. The molecule has 6 nitrogen and oxygen atoms in total. The number of hydrogen-bond acceptors (Lipinski definition) is 4. The van der Waals surface area contributed by atoms with Gasteiger partial charge in [-0.25, -0.2) is 0 Å². The lowest BCUT2D eigenvalue weighted by Crippen LogP contribution is -2.46. The van der Waals surface area contributed by atoms with Gasteiger partial charge < -0.3 is 20.6 Å². The summed E-state index contributed by atoms with van der Waals surface area (Å²) in [5, 5.41) is 15.8. The third-order valence-corrected chi connectivity index (χ3v) is 5.93. The summed E-state index contributed by atoms with van der Waals surface area (Å²) in [4.78, 5) is 27.1. The van der Waals surface area contributed by atoms with E-state index in [-0.39, 0.29) is 35.6 Å². The maximum absolute atomic E-state index is 12.4. The minimum absolute atomic E-state index is 0.0453. The van der Waals surface area contributed by atoms with Gasteiger partial charge in [-0.05, 0) is 70.2 Å². The first-order valence-electron chi connectivity index (χ1n) is 10.6. The molecule has 1 aliphatic rings. The van der Waals surface area contributed by atoms with Gasteiger partial charge >= 0.3 is 0 Å². The molecular weight excluding hydrogens is 366 g/mol. The maximum Gasteiger partial charge on any atom is 0.251 e. The van der Waals surface area contributed by atoms with Crippen LogP contribution in [0, 0.1) is 0 Å². The Morgan fingerprint density at radius 1 is 1.17 bits per heavy atom. The number of carbonyl (C=O) groups excluding carboxylic acids is 2. The smallest absolute Gasteiger partial charge is 0.251 e. The quantitative estimate of drug-likeness (QED) is 0.681. The number of rotatable bonds is 6. The van der Waals surface area contributed by atoms with Crippen LogP contribution < -0.4 is 10.6 Å². The second-order valence-corrected chi connectivity index (χ2v) is 9.50. The molecule has 3 N–H and O–H groups in total. The number of aromatic hydroxyl groups is 1. The van der Waals surface area contributed by atoms with Gasteiger partial charge in [0.15, 0.2) is 0 Å². The highest BCUT2D eigenvalue weighted by Crippen LogP contribution is 2.31. The highest BCUT2D eigenvalue weighted by Gasteiger charge is 2.26. The molecule has 29 heavy (non-hydrogen) atoms. The number of nitrogens with one attached hydrogen (secondary N) is 2. The highest BCUT2D eigenvalue weighted by molar-refractivity contribution is 5.96. The van der Waals surface area contributed by atoms with Crippen LogP contribution >= 0.6 is 0 Å². The zero-order valence-electron chi connectivity index (χ0n) is 18.7. The molecule has 1 aliphatic carbocycles. The lowest BCUT2D eigenvalue weighted by molar-refractivity contribution is -0.121. The van der Waals surface area contributed by atoms with E-state index in [9.17, 15) is 14.7 Å². The summed E-state index contributed by atoms with van der Waals surface area (Å²) in [5.74, 6) is -0.299. The second kappa shape index (κ2) is 9.61. The van der Waals surface area contributed by atoms with Crippen LogP contribution in [0.2, 0.25) is 0 Å². The lowest BCUT2D eigenvalue weighted by Gasteiger charge is -2.37. The SMILES string of the molecule is CC(C)N(C)C1CCC(NC(=O)CNC(=O)c2ccc(O)c(C(C)(C)C)c2)CC1. The summed E-state index contributed by atoms with van der Waals surface area (Å²) < 4.78 is 0. The summed E-state index contributed by atoms with van der Waals surface area (Å²) in [5.41, 5.74) is 0.871. The molecule has 0 atom stereocenters. The Morgan fingerprint density at radius 3 is 2.34 bits per heavy atom. The van der Waals surface area contributed by atoms with E-state index in [1.807, 2.05) is 20.8 Å². The largest absolute Gasteiger partial charge is 0.508 e. The van der Waals surface area contributed by atoms with Gasteiger partial charge in [0.1, 0.15) is 5.75 Å². The predicted molar refractivity (Wildman–Crippen MR) is 116 cm³/mol. The zero-order valence-corrected chi connectivity index (χ0v) is 18.7. The average Bonchev–Trinajstić information content (AvgIpc) is 2.65. The highest BCUT2D eigenvalue weighted by atomic mass is 16.3. The van der Waals surface area contributed by atoms with Crippen LogP contribution in [0.15, 0.2) is 18.2 Å². The second-order valence-electron chi connectivity index (χ2n) is 9.50. The number of hydrogen-bond donors (Lipinski definition) is 3. The van der Waals surface area contributed by atoms with Crippen molar-refractivity contribution in [1.82, 2.24) is 15.5 Å². The molecule has 2 rings (SSSR count). The molecule has 0 aliphatic heterocycles. The van der Waals surface area contributed by atoms with Crippen molar-refractivity contribution in [2.75, 3.05) is 13.6 Å². The third-order valence-electron chi connectivity index (χ3n) is 5.93. The topological polar surface area (TPSA) is 81.7 Å². The molecule has 0 saturated heterocycles. The van der Waals surface area contributed by atoms with Crippen LogP contribution in [-0.2, 0) is 10.2 Å². The summed E-state index contributed by atoms with van der Waals surface area (Å²) in [6, 6.07) is 6.08. The minimum atomic E-state index is -0.312. The van der Waals surface area contributed by atoms with Crippen molar-refractivity contribution in [2.24, 2.45) is 0 Å². The number of benzene rings is 1. The van der Waals surface area contributed by atoms with Crippen molar-refractivity contribution in [1.29, 1.82) is 0 Å². The van der Waals surface area contributed by atoms with Crippen molar-refractivity contribution in [3.8, 4) is 5.75 Å². The van der Waals surface area contributed by atoms with E-state index < -0.39 is 0 Å². The zero-order chi connectivity index (χ0) is 21.8. The van der Waals surface area contributed by atoms with Crippen LogP contribution in [0.3, 0.4) is 0 Å². The standard InChI is InChI=1S/C23H37N3O3/c1-15(2)26(6)18-10-8-17(9-11-18)25-21(28)14-24-22(29)16-7-12-20(27)19(13-16)23(3,4)5/h7,12-13,15,17-18,27H,8-11,14H2,1-6H3,(H,24,29)(H,25,28). The molecule has 0 aromatic heterocycles. The summed E-state index contributed by atoms with van der Waals surface area (Å²) in [6.07, 6.45) is 4.09. The summed E-state index contributed by atoms with van der Waals surface area (Å²) >= 11 is 0. The Labute approximate surface area is 175 Å². The molecule has 0 spiro atoms. The van der Waals surface area contributed by atoms with E-state index in [0.717, 1.165) is 25.7 Å². The Hall–Kier alpha value is -2.08. The van der Waals surface area contributed by atoms with Crippen molar-refractivity contribution < 1.29 is 14.7 Å². The average molecular weight is 404 g/mol. The van der Waals surface area contributed by atoms with Crippen LogP contribution in [0.5, 0.6) is 5.75 Å². The van der Waals surface area contributed by atoms with Crippen LogP contribution in [-0.4, -0.2) is 53.5 Å². The van der Waals surface area contributed by atoms with Crippen molar-refractivity contribution in [3.63, 3.8) is 0 Å². The van der Waals surface area contributed by atoms with Crippen molar-refractivity contribution in [3.05, 3.63) is 29.3 Å². The van der Waals surface area contributed by atoms with Crippen LogP contribution in [0.1, 0.15) is 76.2 Å². The van der Waals surface area contributed by atoms with Gasteiger partial charge in [0.25, 0.3) is 5.91 Å². The van der Waals surface area contributed by atoms with E-state index in [2.05, 4.69) is 36.4 Å². The van der Waals surface area contributed by atoms with E-state index in [1.165, 1.54) is 6.07 Å². The summed E-state index contributed by atoms with van der Waals surface area (Å²) in [7, 11) is 2.16. The Balaban J connectivity index is 1.82. The predicted octanol–water partition coefficient (Wildman–Crippen LogP) is 3.19. The fourth-order valence-electron chi connectivity index (χ4n) is 3.87. The maximum atomic E-state index is 12.4. The van der Waals surface area contributed by atoms with E-state index in [4.69, 9.17) is 0 Å². The van der Waals surface area contributed by atoms with E-state index >= 15 is 0 Å². The molecule has 162 valence electrons. The molecule has 1 aromatic carbocycles. The van der Waals surface area contributed by atoms with Gasteiger partial charge in [-0.1, -0.05) is 20.8 Å². The molecule has 1 saturated carbocycles. The third kappa shape index (κ3) is 6.46. The molecule has 1 fully saturated rings. The van der Waals surface area contributed by atoms with Crippen LogP contribution in [0.25, 0.3) is 0 Å². The van der Waals surface area contributed by atoms with E-state index in [0.29, 0.717) is 23.2 Å². The molecule has 0 radical (unpaired) electrons. The molecule has 2 amide bonds. The lowest BCUT2D eigenvalue weighted by atomic mass is 9.85. The normalized spacial score (nSPS) is 20.0. The first-order chi connectivity index (χ1) is 13.5. The fraction of sp³-hybridized carbons (Fsp3) is 0.652. The van der Waals surface area contributed by atoms with Crippen molar-refractivity contribution in [2.45, 2.75) is 83.8 Å². The van der Waals surface area contributed by atoms with Gasteiger partial charge in [-0.3, -0.25) is 9.59 Å². The van der Waals surface area contributed by atoms with Gasteiger partial charge in [-0.2, -0.15) is 0 Å². The molecule has 1 aromatic rings. The fourth-order valence-corrected chi connectivity index (χ4v) is 3.87. The number of phenolic OH excluding ortho intramolecular Hbond substituents is 1. The molecule has 0 unspecified atom stereocenters. The molecule has 0 heterocycles. The molecule has 0 bridgehead atoms. The Bertz CT molecular complexity index is 717. The number of nitrogens with zero attached hydrogens (tertiary/aromatic N) is 1. The number of phenols is 1. The summed E-state index contributed by atoms with van der Waals surface area (Å²) in [6.45, 7) is 10.3. The molecular formula is C23H37N3O3. The first kappa shape index (κ1) is 23.2. The van der Waals surface area contributed by atoms with Gasteiger partial charge in [0.05, 0.1) is 6.54 Å². The van der Waals surface area contributed by atoms with Crippen molar-refractivity contribution >= 4 is 11.8 Å². The van der Waals surface area contributed by atoms with Crippen LogP contribution in [0.4, 0.5) is 0 Å². The van der Waals surface area contributed by atoms with Gasteiger partial charge in [0.2, 0.25) is 5.91 Å². The minimum Gasteiger partial charge on any atom is -0.508 e. The Kier molecular flexibility index (Phi) is 7.69. The molecule has 6 heteroatoms. The number of carbonyl (C=O) groups is 2. The number of amides is 2. The van der Waals surface area contributed by atoms with Gasteiger partial charge in [0, 0.05) is 29.3 Å². The van der Waals surface area contributed by atoms with E-state index in [1.54, 1.807) is 12.1 Å².